The van der Waals surface area contributed by atoms with Crippen LogP contribution in [-0.2, 0) is 6.54 Å². The molecule has 0 amide bonds. The van der Waals surface area contributed by atoms with E-state index in [4.69, 9.17) is 0 Å². The number of halogens is 2. The second-order valence-electron chi connectivity index (χ2n) is 5.19. The van der Waals surface area contributed by atoms with Gasteiger partial charge in [-0.05, 0) is 34.1 Å². The van der Waals surface area contributed by atoms with E-state index in [0.717, 1.165) is 0 Å². The Morgan fingerprint density at radius 1 is 1.08 bits per heavy atom. The molecular formula is C17H11BrFN5S. The lowest BCUT2D eigenvalue weighted by Gasteiger charge is -2.06. The van der Waals surface area contributed by atoms with Crippen molar-refractivity contribution >= 4 is 27.3 Å². The summed E-state index contributed by atoms with van der Waals surface area (Å²) < 4.78 is 16.4. The highest BCUT2D eigenvalue weighted by molar-refractivity contribution is 9.10. The van der Waals surface area contributed by atoms with Crippen LogP contribution in [0.2, 0.25) is 0 Å². The molecule has 0 saturated carbocycles. The Kier molecular flexibility index (Phi) is 4.37. The van der Waals surface area contributed by atoms with E-state index in [1.165, 1.54) is 17.4 Å². The summed E-state index contributed by atoms with van der Waals surface area (Å²) in [5.41, 5.74) is 1.19. The molecule has 0 N–H and O–H groups in total. The maximum atomic E-state index is 14.1. The minimum atomic E-state index is -0.276. The van der Waals surface area contributed by atoms with Gasteiger partial charge in [0.1, 0.15) is 16.1 Å². The van der Waals surface area contributed by atoms with Crippen molar-refractivity contribution in [3.05, 3.63) is 70.0 Å². The molecule has 0 fully saturated rings. The van der Waals surface area contributed by atoms with Crippen molar-refractivity contribution in [1.29, 1.82) is 0 Å². The van der Waals surface area contributed by atoms with Crippen LogP contribution in [0.5, 0.6) is 0 Å². The molecule has 0 aliphatic rings. The van der Waals surface area contributed by atoms with Gasteiger partial charge in [0.2, 0.25) is 5.82 Å². The number of aromatic nitrogens is 5. The number of nitrogens with zero attached hydrogens (tertiary/aromatic N) is 5. The minimum Gasteiger partial charge on any atom is -0.241 e. The molecule has 0 aliphatic heterocycles. The fourth-order valence-electron chi connectivity index (χ4n) is 2.39. The minimum absolute atomic E-state index is 0.259. The zero-order valence-electron chi connectivity index (χ0n) is 12.8. The smallest absolute Gasteiger partial charge is 0.210 e. The first-order valence-corrected chi connectivity index (χ1v) is 9.09. The van der Waals surface area contributed by atoms with Gasteiger partial charge in [0, 0.05) is 17.1 Å². The molecule has 3 heterocycles. The lowest BCUT2D eigenvalue weighted by atomic mass is 10.2. The lowest BCUT2D eigenvalue weighted by molar-refractivity contribution is 0.587. The Balaban J connectivity index is 1.82. The van der Waals surface area contributed by atoms with Crippen molar-refractivity contribution < 1.29 is 4.39 Å². The van der Waals surface area contributed by atoms with Gasteiger partial charge >= 0.3 is 0 Å². The number of hydrogen-bond donors (Lipinski definition) is 0. The van der Waals surface area contributed by atoms with Crippen molar-refractivity contribution in [2.75, 3.05) is 0 Å². The maximum absolute atomic E-state index is 14.1. The molecule has 4 aromatic rings. The summed E-state index contributed by atoms with van der Waals surface area (Å²) in [6, 6.07) is 12.2. The molecule has 8 heteroatoms. The molecule has 0 atom stereocenters. The summed E-state index contributed by atoms with van der Waals surface area (Å²) in [5.74, 6) is 0.791. The first kappa shape index (κ1) is 16.0. The molecule has 5 nitrogen and oxygen atoms in total. The molecule has 0 spiro atoms. The van der Waals surface area contributed by atoms with Crippen molar-refractivity contribution in [3.8, 4) is 22.4 Å². The van der Waals surface area contributed by atoms with E-state index >= 15 is 0 Å². The maximum Gasteiger partial charge on any atom is 0.210 e. The average Bonchev–Trinajstić information content (AvgIpc) is 3.26. The van der Waals surface area contributed by atoms with Gasteiger partial charge in [-0.3, -0.25) is 0 Å². The molecule has 124 valence electrons. The quantitative estimate of drug-likeness (QED) is 0.463. The number of rotatable bonds is 4. The molecule has 3 aromatic heterocycles. The van der Waals surface area contributed by atoms with E-state index in [2.05, 4.69) is 36.0 Å². The van der Waals surface area contributed by atoms with Crippen molar-refractivity contribution in [2.24, 2.45) is 0 Å². The molecule has 4 rings (SSSR count). The lowest BCUT2D eigenvalue weighted by Crippen LogP contribution is -2.06. The van der Waals surface area contributed by atoms with Gasteiger partial charge < -0.3 is 0 Å². The zero-order chi connectivity index (χ0) is 17.2. The number of hydrogen-bond acceptors (Lipinski definition) is 5. The third-order valence-corrected chi connectivity index (χ3v) is 4.73. The van der Waals surface area contributed by atoms with E-state index in [1.807, 2.05) is 23.6 Å². The first-order chi connectivity index (χ1) is 12.2. The fraction of sp³-hybridized carbons (Fsp3) is 0.0588. The van der Waals surface area contributed by atoms with Gasteiger partial charge in [-0.25, -0.2) is 24.0 Å². The van der Waals surface area contributed by atoms with Crippen LogP contribution < -0.4 is 0 Å². The van der Waals surface area contributed by atoms with Crippen LogP contribution in [0.25, 0.3) is 22.4 Å². The SMILES string of the molecule is Fc1ccccc1Cn1nc(-c2nccs2)nc1-c1cccc(Br)n1. The Labute approximate surface area is 155 Å². The number of thiazole rings is 1. The standard InChI is InChI=1S/C17H11BrFN5S/c18-14-7-3-6-13(21-14)16-22-15(17-20-8-9-25-17)23-24(16)10-11-4-1-2-5-12(11)19/h1-9H,10H2. The Morgan fingerprint density at radius 2 is 1.96 bits per heavy atom. The van der Waals surface area contributed by atoms with Gasteiger partial charge in [0.25, 0.3) is 0 Å². The summed E-state index contributed by atoms with van der Waals surface area (Å²) >= 11 is 4.82. The van der Waals surface area contributed by atoms with E-state index in [1.54, 1.807) is 29.1 Å². The van der Waals surface area contributed by atoms with E-state index < -0.39 is 0 Å². The molecule has 0 radical (unpaired) electrons. The molecule has 0 bridgehead atoms. The zero-order valence-corrected chi connectivity index (χ0v) is 15.2. The van der Waals surface area contributed by atoms with Crippen LogP contribution in [0.3, 0.4) is 0 Å². The second kappa shape index (κ2) is 6.81. The van der Waals surface area contributed by atoms with Gasteiger partial charge in [-0.15, -0.1) is 16.4 Å². The summed E-state index contributed by atoms with van der Waals surface area (Å²) in [5, 5.41) is 7.10. The predicted octanol–water partition coefficient (Wildman–Crippen LogP) is 4.41. The van der Waals surface area contributed by atoms with Crippen LogP contribution in [0.4, 0.5) is 4.39 Å². The van der Waals surface area contributed by atoms with Crippen LogP contribution in [0.15, 0.2) is 58.6 Å². The van der Waals surface area contributed by atoms with Gasteiger partial charge in [-0.2, -0.15) is 0 Å². The van der Waals surface area contributed by atoms with E-state index in [0.29, 0.717) is 32.5 Å². The third kappa shape index (κ3) is 3.35. The van der Waals surface area contributed by atoms with Crippen LogP contribution in [-0.4, -0.2) is 24.7 Å². The summed E-state index contributed by atoms with van der Waals surface area (Å²) in [4.78, 5) is 13.3. The highest BCUT2D eigenvalue weighted by atomic mass is 79.9. The Hall–Kier alpha value is -2.45. The summed E-state index contributed by atoms with van der Waals surface area (Å²) in [7, 11) is 0. The third-order valence-electron chi connectivity index (χ3n) is 3.52. The Morgan fingerprint density at radius 3 is 2.72 bits per heavy atom. The van der Waals surface area contributed by atoms with E-state index in [-0.39, 0.29) is 12.4 Å². The van der Waals surface area contributed by atoms with Crippen LogP contribution in [0, 0.1) is 5.82 Å². The van der Waals surface area contributed by atoms with Crippen molar-refractivity contribution in [3.63, 3.8) is 0 Å². The van der Waals surface area contributed by atoms with E-state index in [9.17, 15) is 4.39 Å². The average molecular weight is 416 g/mol. The van der Waals surface area contributed by atoms with Crippen molar-refractivity contribution in [2.45, 2.75) is 6.54 Å². The predicted molar refractivity (Wildman–Crippen MR) is 97.6 cm³/mol. The highest BCUT2D eigenvalue weighted by Crippen LogP contribution is 2.24. The topological polar surface area (TPSA) is 56.5 Å². The Bertz CT molecular complexity index is 1020. The fourth-order valence-corrected chi connectivity index (χ4v) is 3.29. The second-order valence-corrected chi connectivity index (χ2v) is 6.90. The van der Waals surface area contributed by atoms with Gasteiger partial charge in [0.15, 0.2) is 10.8 Å². The van der Waals surface area contributed by atoms with Crippen LogP contribution in [0.1, 0.15) is 5.56 Å². The summed E-state index contributed by atoms with van der Waals surface area (Å²) in [6.07, 6.45) is 1.70. The molecular weight excluding hydrogens is 405 g/mol. The van der Waals surface area contributed by atoms with Crippen LogP contribution >= 0.6 is 27.3 Å². The van der Waals surface area contributed by atoms with Crippen molar-refractivity contribution in [1.82, 2.24) is 24.7 Å². The molecule has 1 aromatic carbocycles. The molecule has 0 unspecified atom stereocenters. The molecule has 0 saturated heterocycles. The monoisotopic (exact) mass is 415 g/mol. The van der Waals surface area contributed by atoms with Gasteiger partial charge in [-0.1, -0.05) is 24.3 Å². The summed E-state index contributed by atoms with van der Waals surface area (Å²) in [6.45, 7) is 0.259. The number of benzene rings is 1. The van der Waals surface area contributed by atoms with Gasteiger partial charge in [0.05, 0.1) is 6.54 Å². The first-order valence-electron chi connectivity index (χ1n) is 7.42. The highest BCUT2D eigenvalue weighted by Gasteiger charge is 2.17. The normalized spacial score (nSPS) is 11.0. The largest absolute Gasteiger partial charge is 0.241 e. The molecule has 25 heavy (non-hydrogen) atoms. The number of pyridine rings is 1. The molecule has 0 aliphatic carbocycles.